The molecule has 2 aromatic carbocycles. The number of benzene rings is 2. The Hall–Kier alpha value is -2.62. The van der Waals surface area contributed by atoms with E-state index in [1.165, 1.54) is 7.11 Å². The maximum Gasteiger partial charge on any atom is 0.359 e. The van der Waals surface area contributed by atoms with Crippen molar-refractivity contribution in [3.8, 4) is 0 Å². The second kappa shape index (κ2) is 6.70. The Morgan fingerprint density at radius 2 is 1.62 bits per heavy atom. The lowest BCUT2D eigenvalue weighted by molar-refractivity contribution is -0.132. The summed E-state index contributed by atoms with van der Waals surface area (Å²) in [6.45, 7) is 3.91. The second-order valence-corrected chi connectivity index (χ2v) is 4.69. The maximum absolute atomic E-state index is 12.0. The van der Waals surface area contributed by atoms with Crippen LogP contribution in [0.2, 0.25) is 0 Å². The van der Waals surface area contributed by atoms with E-state index in [2.05, 4.69) is 10.5 Å². The molecule has 0 aliphatic rings. The summed E-state index contributed by atoms with van der Waals surface area (Å²) in [5.41, 5.74) is 6.83. The van der Waals surface area contributed by atoms with E-state index in [1.54, 1.807) is 0 Å². The van der Waals surface area contributed by atoms with Crippen LogP contribution in [-0.2, 0) is 9.53 Å². The zero-order chi connectivity index (χ0) is 15.2. The zero-order valence-electron chi connectivity index (χ0n) is 12.4. The van der Waals surface area contributed by atoms with Gasteiger partial charge >= 0.3 is 5.97 Å². The number of para-hydroxylation sites is 1. The van der Waals surface area contributed by atoms with Crippen LogP contribution >= 0.6 is 0 Å². The van der Waals surface area contributed by atoms with Gasteiger partial charge in [0.15, 0.2) is 5.71 Å². The molecule has 0 unspecified atom stereocenters. The minimum atomic E-state index is -0.467. The summed E-state index contributed by atoms with van der Waals surface area (Å²) >= 11 is 0. The fourth-order valence-corrected chi connectivity index (χ4v) is 1.97. The van der Waals surface area contributed by atoms with Gasteiger partial charge in [-0.1, -0.05) is 42.5 Å². The number of carbonyl (C=O) groups is 1. The molecular formula is C17H18N2O2. The van der Waals surface area contributed by atoms with Gasteiger partial charge in [-0.2, -0.15) is 5.10 Å². The van der Waals surface area contributed by atoms with Crippen LogP contribution < -0.4 is 5.43 Å². The van der Waals surface area contributed by atoms with Gasteiger partial charge in [0, 0.05) is 5.56 Å². The lowest BCUT2D eigenvalue weighted by atomic mass is 10.0. The topological polar surface area (TPSA) is 50.7 Å². The Bertz CT molecular complexity index is 678. The first-order chi connectivity index (χ1) is 10.1. The number of hydrogen-bond acceptors (Lipinski definition) is 4. The standard InChI is InChI=1S/C17H18N2O2/c1-12-8-4-6-10-14(12)16(17(20)21-3)19-18-15-11-7-5-9-13(15)2/h4-11,18H,1-3H3/b19-16+. The van der Waals surface area contributed by atoms with Gasteiger partial charge in [-0.15, -0.1) is 0 Å². The molecule has 4 nitrogen and oxygen atoms in total. The van der Waals surface area contributed by atoms with Crippen molar-refractivity contribution in [2.75, 3.05) is 12.5 Å². The summed E-state index contributed by atoms with van der Waals surface area (Å²) in [6.07, 6.45) is 0. The Kier molecular flexibility index (Phi) is 4.72. The Morgan fingerprint density at radius 3 is 2.24 bits per heavy atom. The van der Waals surface area contributed by atoms with E-state index >= 15 is 0 Å². The van der Waals surface area contributed by atoms with E-state index in [0.29, 0.717) is 0 Å². The molecule has 0 amide bonds. The number of nitrogens with one attached hydrogen (secondary N) is 1. The molecule has 0 saturated carbocycles. The molecule has 0 fully saturated rings. The highest BCUT2D eigenvalue weighted by atomic mass is 16.5. The number of aryl methyl sites for hydroxylation is 2. The Balaban J connectivity index is 2.38. The predicted molar refractivity (Wildman–Crippen MR) is 84.5 cm³/mol. The largest absolute Gasteiger partial charge is 0.464 e. The lowest BCUT2D eigenvalue weighted by Crippen LogP contribution is -2.20. The molecule has 0 aliphatic carbocycles. The first-order valence-electron chi connectivity index (χ1n) is 6.67. The maximum atomic E-state index is 12.0. The van der Waals surface area contributed by atoms with Crippen molar-refractivity contribution in [3.05, 3.63) is 65.2 Å². The first-order valence-corrected chi connectivity index (χ1v) is 6.67. The van der Waals surface area contributed by atoms with Crippen molar-refractivity contribution < 1.29 is 9.53 Å². The van der Waals surface area contributed by atoms with Crippen LogP contribution in [0.4, 0.5) is 5.69 Å². The molecule has 21 heavy (non-hydrogen) atoms. The molecule has 4 heteroatoms. The van der Waals surface area contributed by atoms with E-state index in [0.717, 1.165) is 22.4 Å². The second-order valence-electron chi connectivity index (χ2n) is 4.69. The average Bonchev–Trinajstić information content (AvgIpc) is 2.50. The van der Waals surface area contributed by atoms with Crippen LogP contribution in [0.1, 0.15) is 16.7 Å². The van der Waals surface area contributed by atoms with Gasteiger partial charge in [-0.25, -0.2) is 4.79 Å². The highest BCUT2D eigenvalue weighted by Gasteiger charge is 2.16. The zero-order valence-corrected chi connectivity index (χ0v) is 12.4. The van der Waals surface area contributed by atoms with Crippen LogP contribution in [0.5, 0.6) is 0 Å². The number of anilines is 1. The third-order valence-corrected chi connectivity index (χ3v) is 3.21. The summed E-state index contributed by atoms with van der Waals surface area (Å²) in [5.74, 6) is -0.467. The molecule has 0 radical (unpaired) electrons. The fraction of sp³-hybridized carbons (Fsp3) is 0.176. The van der Waals surface area contributed by atoms with Crippen LogP contribution in [-0.4, -0.2) is 18.8 Å². The van der Waals surface area contributed by atoms with Crippen LogP contribution in [0.25, 0.3) is 0 Å². The predicted octanol–water partition coefficient (Wildman–Crippen LogP) is 3.29. The van der Waals surface area contributed by atoms with Gasteiger partial charge in [0.05, 0.1) is 12.8 Å². The van der Waals surface area contributed by atoms with E-state index < -0.39 is 5.97 Å². The summed E-state index contributed by atoms with van der Waals surface area (Å²) in [4.78, 5) is 12.0. The first kappa shape index (κ1) is 14.8. The SMILES string of the molecule is COC(=O)/C(=N/Nc1ccccc1C)c1ccccc1C. The number of methoxy groups -OCH3 is 1. The number of ether oxygens (including phenoxy) is 1. The molecule has 0 spiro atoms. The molecule has 0 atom stereocenters. The molecule has 2 rings (SSSR count). The number of esters is 1. The van der Waals surface area contributed by atoms with Crippen LogP contribution in [0.3, 0.4) is 0 Å². The van der Waals surface area contributed by atoms with Crippen molar-refractivity contribution in [1.82, 2.24) is 0 Å². The summed E-state index contributed by atoms with van der Waals surface area (Å²) in [6, 6.07) is 15.3. The van der Waals surface area contributed by atoms with Gasteiger partial charge in [0.1, 0.15) is 0 Å². The molecule has 1 N–H and O–H groups in total. The van der Waals surface area contributed by atoms with Crippen molar-refractivity contribution in [2.45, 2.75) is 13.8 Å². The van der Waals surface area contributed by atoms with Crippen molar-refractivity contribution >= 4 is 17.4 Å². The van der Waals surface area contributed by atoms with Crippen molar-refractivity contribution in [3.63, 3.8) is 0 Å². The molecule has 0 bridgehead atoms. The summed E-state index contributed by atoms with van der Waals surface area (Å²) in [7, 11) is 1.35. The molecular weight excluding hydrogens is 264 g/mol. The average molecular weight is 282 g/mol. The van der Waals surface area contributed by atoms with E-state index in [1.807, 2.05) is 62.4 Å². The van der Waals surface area contributed by atoms with Crippen molar-refractivity contribution in [1.29, 1.82) is 0 Å². The summed E-state index contributed by atoms with van der Waals surface area (Å²) in [5, 5.41) is 4.25. The van der Waals surface area contributed by atoms with Gasteiger partial charge in [-0.05, 0) is 31.0 Å². The third-order valence-electron chi connectivity index (χ3n) is 3.21. The monoisotopic (exact) mass is 282 g/mol. The molecule has 2 aromatic rings. The number of hydrogen-bond donors (Lipinski definition) is 1. The molecule has 0 heterocycles. The highest BCUT2D eigenvalue weighted by molar-refractivity contribution is 6.43. The quantitative estimate of drug-likeness (QED) is 0.532. The minimum absolute atomic E-state index is 0.263. The fourth-order valence-electron chi connectivity index (χ4n) is 1.97. The lowest BCUT2D eigenvalue weighted by Gasteiger charge is -2.09. The van der Waals surface area contributed by atoms with Crippen molar-refractivity contribution in [2.24, 2.45) is 5.10 Å². The Labute approximate surface area is 124 Å². The van der Waals surface area contributed by atoms with Crippen LogP contribution in [0.15, 0.2) is 53.6 Å². The minimum Gasteiger partial charge on any atom is -0.464 e. The molecule has 0 aliphatic heterocycles. The van der Waals surface area contributed by atoms with Gasteiger partial charge in [-0.3, -0.25) is 5.43 Å². The summed E-state index contributed by atoms with van der Waals surface area (Å²) < 4.78 is 4.83. The van der Waals surface area contributed by atoms with Gasteiger partial charge in [0.25, 0.3) is 0 Å². The van der Waals surface area contributed by atoms with E-state index in [9.17, 15) is 4.79 Å². The van der Waals surface area contributed by atoms with Gasteiger partial charge < -0.3 is 4.74 Å². The third kappa shape index (κ3) is 3.48. The van der Waals surface area contributed by atoms with Crippen LogP contribution in [0, 0.1) is 13.8 Å². The molecule has 108 valence electrons. The molecule has 0 aromatic heterocycles. The number of rotatable bonds is 4. The number of carbonyl (C=O) groups excluding carboxylic acids is 1. The smallest absolute Gasteiger partial charge is 0.359 e. The highest BCUT2D eigenvalue weighted by Crippen LogP contribution is 2.15. The Morgan fingerprint density at radius 1 is 1.00 bits per heavy atom. The normalized spacial score (nSPS) is 11.1. The van der Waals surface area contributed by atoms with E-state index in [4.69, 9.17) is 4.74 Å². The number of hydrazone groups is 1. The van der Waals surface area contributed by atoms with E-state index in [-0.39, 0.29) is 5.71 Å². The van der Waals surface area contributed by atoms with Gasteiger partial charge in [0.2, 0.25) is 0 Å². The number of nitrogens with zero attached hydrogens (tertiary/aromatic N) is 1. The molecule has 0 saturated heterocycles.